The van der Waals surface area contributed by atoms with Gasteiger partial charge in [-0.15, -0.1) is 0 Å². The Morgan fingerprint density at radius 2 is 1.60 bits per heavy atom. The highest BCUT2D eigenvalue weighted by atomic mass is 16.2. The van der Waals surface area contributed by atoms with Gasteiger partial charge in [-0.2, -0.15) is 0 Å². The predicted molar refractivity (Wildman–Crippen MR) is 82.4 cm³/mol. The average Bonchev–Trinajstić information content (AvgIpc) is 2.09. The number of ketones is 1. The molecule has 1 aliphatic rings. The number of carbonyl (C=O) groups excluding carboxylic acids is 2. The van der Waals surface area contributed by atoms with Crippen molar-refractivity contribution in [2.45, 2.75) is 73.8 Å². The minimum Gasteiger partial charge on any atom is -0.351 e. The van der Waals surface area contributed by atoms with Gasteiger partial charge in [0.1, 0.15) is 5.78 Å². The third-order valence-electron chi connectivity index (χ3n) is 4.51. The third kappa shape index (κ3) is 3.83. The van der Waals surface area contributed by atoms with E-state index in [4.69, 9.17) is 0 Å². The van der Waals surface area contributed by atoms with E-state index in [9.17, 15) is 9.59 Å². The molecule has 1 fully saturated rings. The van der Waals surface area contributed by atoms with Crippen LogP contribution >= 0.6 is 0 Å². The molecule has 0 saturated heterocycles. The highest BCUT2D eigenvalue weighted by molar-refractivity contribution is 5.87. The van der Waals surface area contributed by atoms with Gasteiger partial charge < -0.3 is 5.32 Å². The van der Waals surface area contributed by atoms with Crippen molar-refractivity contribution >= 4 is 11.7 Å². The molecule has 0 aromatic carbocycles. The van der Waals surface area contributed by atoms with Crippen LogP contribution in [0, 0.1) is 22.7 Å². The van der Waals surface area contributed by atoms with Crippen LogP contribution in [0.25, 0.3) is 0 Å². The Morgan fingerprint density at radius 3 is 1.95 bits per heavy atom. The first kappa shape index (κ1) is 17.2. The van der Waals surface area contributed by atoms with Crippen LogP contribution in [-0.2, 0) is 9.59 Å². The summed E-state index contributed by atoms with van der Waals surface area (Å²) < 4.78 is 0. The van der Waals surface area contributed by atoms with E-state index in [1.807, 2.05) is 13.8 Å². The Hall–Kier alpha value is -0.860. The zero-order valence-electron chi connectivity index (χ0n) is 14.4. The van der Waals surface area contributed by atoms with Crippen molar-refractivity contribution in [1.29, 1.82) is 0 Å². The van der Waals surface area contributed by atoms with Gasteiger partial charge in [0.05, 0.1) is 0 Å². The summed E-state index contributed by atoms with van der Waals surface area (Å²) >= 11 is 0. The van der Waals surface area contributed by atoms with E-state index in [1.165, 1.54) is 0 Å². The fourth-order valence-electron chi connectivity index (χ4n) is 3.85. The van der Waals surface area contributed by atoms with Crippen LogP contribution in [-0.4, -0.2) is 17.2 Å². The SMILES string of the molecule is CC(=O)C1CC(C(=O)NC(C)(C)CC(C)(C)C)C1(C)C. The molecule has 0 aliphatic heterocycles. The van der Waals surface area contributed by atoms with Crippen LogP contribution < -0.4 is 5.32 Å². The molecule has 0 aromatic rings. The summed E-state index contributed by atoms with van der Waals surface area (Å²) in [5, 5.41) is 3.18. The summed E-state index contributed by atoms with van der Waals surface area (Å²) in [6.45, 7) is 16.4. The molecular weight excluding hydrogens is 250 g/mol. The lowest BCUT2D eigenvalue weighted by Crippen LogP contribution is -2.58. The molecule has 3 nitrogen and oxygen atoms in total. The molecule has 3 heteroatoms. The minimum absolute atomic E-state index is 0.0315. The van der Waals surface area contributed by atoms with E-state index < -0.39 is 0 Å². The number of amides is 1. The molecule has 1 aliphatic carbocycles. The molecule has 0 heterocycles. The Bertz CT molecular complexity index is 402. The number of nitrogens with one attached hydrogen (secondary N) is 1. The summed E-state index contributed by atoms with van der Waals surface area (Å²) in [4.78, 5) is 24.0. The maximum atomic E-state index is 12.5. The summed E-state index contributed by atoms with van der Waals surface area (Å²) in [5.41, 5.74) is -0.256. The van der Waals surface area contributed by atoms with E-state index in [2.05, 4.69) is 39.9 Å². The largest absolute Gasteiger partial charge is 0.351 e. The van der Waals surface area contributed by atoms with E-state index in [-0.39, 0.29) is 39.9 Å². The van der Waals surface area contributed by atoms with Gasteiger partial charge in [-0.05, 0) is 44.4 Å². The van der Waals surface area contributed by atoms with Gasteiger partial charge in [-0.25, -0.2) is 0 Å². The molecule has 2 atom stereocenters. The van der Waals surface area contributed by atoms with Gasteiger partial charge in [-0.1, -0.05) is 34.6 Å². The normalized spacial score (nSPS) is 25.8. The Balaban J connectivity index is 2.68. The highest BCUT2D eigenvalue weighted by Crippen LogP contribution is 2.51. The molecule has 0 spiro atoms. The van der Waals surface area contributed by atoms with Crippen LogP contribution in [0.5, 0.6) is 0 Å². The lowest BCUT2D eigenvalue weighted by atomic mass is 9.53. The van der Waals surface area contributed by atoms with Gasteiger partial charge in [-0.3, -0.25) is 9.59 Å². The van der Waals surface area contributed by atoms with Crippen molar-refractivity contribution in [2.24, 2.45) is 22.7 Å². The summed E-state index contributed by atoms with van der Waals surface area (Å²) in [7, 11) is 0. The topological polar surface area (TPSA) is 46.2 Å². The monoisotopic (exact) mass is 281 g/mol. The second-order valence-electron chi connectivity index (χ2n) is 8.88. The molecule has 0 radical (unpaired) electrons. The number of hydrogen-bond donors (Lipinski definition) is 1. The van der Waals surface area contributed by atoms with E-state index in [0.717, 1.165) is 6.42 Å². The smallest absolute Gasteiger partial charge is 0.224 e. The van der Waals surface area contributed by atoms with E-state index in [1.54, 1.807) is 6.92 Å². The fourth-order valence-corrected chi connectivity index (χ4v) is 3.85. The van der Waals surface area contributed by atoms with Crippen molar-refractivity contribution in [3.63, 3.8) is 0 Å². The molecule has 2 unspecified atom stereocenters. The Labute approximate surface area is 123 Å². The minimum atomic E-state index is -0.216. The van der Waals surface area contributed by atoms with Crippen LogP contribution in [0.2, 0.25) is 0 Å². The number of carbonyl (C=O) groups is 2. The molecular formula is C17H31NO2. The van der Waals surface area contributed by atoms with Gasteiger partial charge >= 0.3 is 0 Å². The zero-order valence-corrected chi connectivity index (χ0v) is 14.4. The van der Waals surface area contributed by atoms with Gasteiger partial charge in [0.2, 0.25) is 5.91 Å². The van der Waals surface area contributed by atoms with Crippen molar-refractivity contribution in [3.05, 3.63) is 0 Å². The standard InChI is InChI=1S/C17H31NO2/c1-11(19)12-9-13(17(12,7)8)14(20)18-16(5,6)10-15(2,3)4/h12-13H,9-10H2,1-8H3,(H,18,20). The Kier molecular flexibility index (Phi) is 4.43. The van der Waals surface area contributed by atoms with Crippen molar-refractivity contribution in [3.8, 4) is 0 Å². The number of rotatable bonds is 4. The first-order valence-corrected chi connectivity index (χ1v) is 7.59. The highest BCUT2D eigenvalue weighted by Gasteiger charge is 2.54. The quantitative estimate of drug-likeness (QED) is 0.856. The molecule has 1 saturated carbocycles. The molecule has 0 bridgehead atoms. The second kappa shape index (κ2) is 5.16. The molecule has 1 N–H and O–H groups in total. The van der Waals surface area contributed by atoms with Crippen LogP contribution in [0.1, 0.15) is 68.2 Å². The molecule has 20 heavy (non-hydrogen) atoms. The van der Waals surface area contributed by atoms with Crippen molar-refractivity contribution in [1.82, 2.24) is 5.32 Å². The van der Waals surface area contributed by atoms with Gasteiger partial charge in [0, 0.05) is 17.4 Å². The molecule has 116 valence electrons. The van der Waals surface area contributed by atoms with Gasteiger partial charge in [0.15, 0.2) is 0 Å². The van der Waals surface area contributed by atoms with E-state index >= 15 is 0 Å². The predicted octanol–water partition coefficient (Wildman–Crippen LogP) is 3.57. The number of Topliss-reactive ketones (excluding diaryl/α,β-unsaturated/α-hetero) is 1. The third-order valence-corrected chi connectivity index (χ3v) is 4.51. The first-order chi connectivity index (χ1) is 8.76. The van der Waals surface area contributed by atoms with Crippen LogP contribution in [0.3, 0.4) is 0 Å². The maximum absolute atomic E-state index is 12.5. The fraction of sp³-hybridized carbons (Fsp3) is 0.882. The lowest BCUT2D eigenvalue weighted by Gasteiger charge is -2.50. The second-order valence-corrected chi connectivity index (χ2v) is 8.88. The molecule has 1 rings (SSSR count). The average molecular weight is 281 g/mol. The number of hydrogen-bond acceptors (Lipinski definition) is 2. The zero-order chi connectivity index (χ0) is 15.9. The van der Waals surface area contributed by atoms with E-state index in [0.29, 0.717) is 6.42 Å². The first-order valence-electron chi connectivity index (χ1n) is 7.59. The molecule has 0 aromatic heterocycles. The molecule has 1 amide bonds. The summed E-state index contributed by atoms with van der Waals surface area (Å²) in [6, 6.07) is 0. The van der Waals surface area contributed by atoms with Gasteiger partial charge in [0.25, 0.3) is 0 Å². The van der Waals surface area contributed by atoms with Crippen molar-refractivity contribution in [2.75, 3.05) is 0 Å². The summed E-state index contributed by atoms with van der Waals surface area (Å²) in [5.74, 6) is 0.286. The summed E-state index contributed by atoms with van der Waals surface area (Å²) in [6.07, 6.45) is 1.62. The Morgan fingerprint density at radius 1 is 1.10 bits per heavy atom. The maximum Gasteiger partial charge on any atom is 0.224 e. The lowest BCUT2D eigenvalue weighted by molar-refractivity contribution is -0.149. The van der Waals surface area contributed by atoms with Crippen LogP contribution in [0.4, 0.5) is 0 Å². The van der Waals surface area contributed by atoms with Crippen LogP contribution in [0.15, 0.2) is 0 Å². The van der Waals surface area contributed by atoms with Crippen molar-refractivity contribution < 1.29 is 9.59 Å².